The molecule has 0 saturated heterocycles. The number of aromatic nitrogens is 2. The maximum absolute atomic E-state index is 13.6. The number of ketones is 1. The van der Waals surface area contributed by atoms with Crippen LogP contribution in [0.15, 0.2) is 84.4 Å². The van der Waals surface area contributed by atoms with Gasteiger partial charge in [0.25, 0.3) is 0 Å². The Morgan fingerprint density at radius 1 is 0.966 bits per heavy atom. The van der Waals surface area contributed by atoms with Crippen LogP contribution in [0.5, 0.6) is 0 Å². The number of carbonyl (C=O) groups excluding carboxylic acids is 1. The van der Waals surface area contributed by atoms with Gasteiger partial charge in [-0.25, -0.2) is 4.98 Å². The van der Waals surface area contributed by atoms with E-state index in [1.54, 1.807) is 0 Å². The molecule has 1 aromatic heterocycles. The summed E-state index contributed by atoms with van der Waals surface area (Å²) in [7, 11) is 0. The predicted molar refractivity (Wildman–Crippen MR) is 125 cm³/mol. The Kier molecular flexibility index (Phi) is 4.47. The van der Waals surface area contributed by atoms with Gasteiger partial charge in [0.05, 0.1) is 17.1 Å². The van der Waals surface area contributed by atoms with E-state index in [2.05, 4.69) is 56.7 Å². The second-order valence-electron chi connectivity index (χ2n) is 7.08. The van der Waals surface area contributed by atoms with Crippen LogP contribution < -0.4 is 5.32 Å². The molecule has 0 unspecified atom stereocenters. The molecule has 4 nitrogen and oxygen atoms in total. The Labute approximate surface area is 182 Å². The molecule has 29 heavy (non-hydrogen) atoms. The smallest absolute Gasteiger partial charge is 0.209 e. The van der Waals surface area contributed by atoms with Gasteiger partial charge in [-0.2, -0.15) is 0 Å². The lowest BCUT2D eigenvalue weighted by Gasteiger charge is -2.30. The van der Waals surface area contributed by atoms with Crippen molar-refractivity contribution in [3.63, 3.8) is 0 Å². The van der Waals surface area contributed by atoms with Crippen LogP contribution in [0.25, 0.3) is 16.7 Å². The summed E-state index contributed by atoms with van der Waals surface area (Å²) in [6, 6.07) is 25.5. The zero-order valence-corrected chi connectivity index (χ0v) is 17.9. The Morgan fingerprint density at radius 2 is 1.66 bits per heavy atom. The van der Waals surface area contributed by atoms with Crippen LogP contribution in [0.1, 0.15) is 28.9 Å². The van der Waals surface area contributed by atoms with E-state index in [4.69, 9.17) is 4.98 Å². The minimum atomic E-state index is -0.260. The molecule has 5 heteroatoms. The highest BCUT2D eigenvalue weighted by atomic mass is 127. The van der Waals surface area contributed by atoms with Gasteiger partial charge in [0.15, 0.2) is 5.78 Å². The molecule has 0 bridgehead atoms. The van der Waals surface area contributed by atoms with E-state index in [0.717, 1.165) is 37.4 Å². The molecular weight excluding hydrogens is 473 g/mol. The number of para-hydroxylation sites is 2. The van der Waals surface area contributed by atoms with Crippen LogP contribution in [0.3, 0.4) is 0 Å². The van der Waals surface area contributed by atoms with E-state index in [9.17, 15) is 4.79 Å². The Bertz CT molecular complexity index is 1260. The van der Waals surface area contributed by atoms with Crippen LogP contribution in [0, 0.1) is 3.57 Å². The fraction of sp³-hybridized carbons (Fsp3) is 0.0833. The average molecular weight is 491 g/mol. The number of nitrogens with one attached hydrogen (secondary N) is 1. The number of hydrogen-bond acceptors (Lipinski definition) is 3. The largest absolute Gasteiger partial charge is 0.344 e. The van der Waals surface area contributed by atoms with E-state index in [1.807, 2.05) is 61.5 Å². The molecule has 1 aliphatic heterocycles. The summed E-state index contributed by atoms with van der Waals surface area (Å²) in [6.45, 7) is 2.01. The molecule has 0 saturated carbocycles. The number of benzene rings is 3. The molecule has 4 aromatic rings. The molecule has 5 rings (SSSR count). The first-order valence-electron chi connectivity index (χ1n) is 9.44. The molecule has 142 valence electrons. The number of hydrogen-bond donors (Lipinski definition) is 1. The van der Waals surface area contributed by atoms with Crippen molar-refractivity contribution in [2.24, 2.45) is 0 Å². The van der Waals surface area contributed by atoms with Crippen LogP contribution in [0.4, 0.5) is 5.95 Å². The SMILES string of the molecule is CC1=C(C(=O)c2ccccc2)[C@H](c2ccc(I)cc2)Nc2nc3ccccc3n21. The van der Waals surface area contributed by atoms with Crippen molar-refractivity contribution in [2.45, 2.75) is 13.0 Å². The Balaban J connectivity index is 1.75. The van der Waals surface area contributed by atoms with Crippen molar-refractivity contribution in [1.82, 2.24) is 9.55 Å². The number of imidazole rings is 1. The third-order valence-corrected chi connectivity index (χ3v) is 6.05. The molecule has 0 fully saturated rings. The monoisotopic (exact) mass is 491 g/mol. The van der Waals surface area contributed by atoms with E-state index in [0.29, 0.717) is 5.56 Å². The first kappa shape index (κ1) is 18.1. The molecule has 0 amide bonds. The number of rotatable bonds is 3. The lowest BCUT2D eigenvalue weighted by molar-refractivity contribution is 0.102. The lowest BCUT2D eigenvalue weighted by atomic mass is 9.89. The first-order valence-corrected chi connectivity index (χ1v) is 10.5. The molecule has 1 aliphatic rings. The molecule has 0 aliphatic carbocycles. The second kappa shape index (κ2) is 7.15. The molecule has 3 aromatic carbocycles. The summed E-state index contributed by atoms with van der Waals surface area (Å²) >= 11 is 2.29. The summed E-state index contributed by atoms with van der Waals surface area (Å²) in [4.78, 5) is 18.4. The van der Waals surface area contributed by atoms with Gasteiger partial charge in [0, 0.05) is 20.4 Å². The number of Topliss-reactive ketones (excluding diaryl/α,β-unsaturated/α-hetero) is 1. The standard InChI is InChI=1S/C24H18IN3O/c1-15-21(23(29)17-7-3-2-4-8-17)22(16-11-13-18(25)14-12-16)27-24-26-19-9-5-6-10-20(19)28(15)24/h2-14,22H,1H3,(H,26,27)/t22-/m0/s1. The summed E-state index contributed by atoms with van der Waals surface area (Å²) in [5.74, 6) is 0.791. The summed E-state index contributed by atoms with van der Waals surface area (Å²) in [5.41, 5.74) is 5.28. The zero-order chi connectivity index (χ0) is 20.0. The number of nitrogens with zero attached hydrogens (tertiary/aromatic N) is 2. The van der Waals surface area contributed by atoms with Crippen molar-refractivity contribution in [3.8, 4) is 0 Å². The summed E-state index contributed by atoms with van der Waals surface area (Å²) < 4.78 is 3.21. The number of halogens is 1. The van der Waals surface area contributed by atoms with E-state index in [1.165, 1.54) is 0 Å². The van der Waals surface area contributed by atoms with Gasteiger partial charge < -0.3 is 5.32 Å². The highest BCUT2D eigenvalue weighted by Crippen LogP contribution is 2.39. The Hall–Kier alpha value is -2.93. The van der Waals surface area contributed by atoms with Crippen LogP contribution in [-0.2, 0) is 0 Å². The minimum absolute atomic E-state index is 0.0302. The van der Waals surface area contributed by atoms with E-state index >= 15 is 0 Å². The minimum Gasteiger partial charge on any atom is -0.344 e. The van der Waals surface area contributed by atoms with E-state index < -0.39 is 0 Å². The van der Waals surface area contributed by atoms with Crippen molar-refractivity contribution < 1.29 is 4.79 Å². The average Bonchev–Trinajstić information content (AvgIpc) is 3.13. The van der Waals surface area contributed by atoms with Gasteiger partial charge in [-0.3, -0.25) is 9.36 Å². The molecule has 0 radical (unpaired) electrons. The van der Waals surface area contributed by atoms with Crippen LogP contribution in [-0.4, -0.2) is 15.3 Å². The number of fused-ring (bicyclic) bond motifs is 3. The first-order chi connectivity index (χ1) is 14.1. The zero-order valence-electron chi connectivity index (χ0n) is 15.8. The maximum atomic E-state index is 13.6. The van der Waals surface area contributed by atoms with Gasteiger partial charge >= 0.3 is 0 Å². The summed E-state index contributed by atoms with van der Waals surface area (Å²) in [5, 5.41) is 3.52. The quantitative estimate of drug-likeness (QED) is 0.286. The second-order valence-corrected chi connectivity index (χ2v) is 8.33. The Morgan fingerprint density at radius 3 is 2.41 bits per heavy atom. The van der Waals surface area contributed by atoms with Crippen molar-refractivity contribution >= 4 is 51.1 Å². The molecule has 1 N–H and O–H groups in total. The highest BCUT2D eigenvalue weighted by molar-refractivity contribution is 14.1. The maximum Gasteiger partial charge on any atom is 0.209 e. The number of carbonyl (C=O) groups is 1. The fourth-order valence-electron chi connectivity index (χ4n) is 3.94. The third-order valence-electron chi connectivity index (χ3n) is 5.33. The molecule has 0 spiro atoms. The van der Waals surface area contributed by atoms with Crippen molar-refractivity contribution in [2.75, 3.05) is 5.32 Å². The molecular formula is C24H18IN3O. The lowest BCUT2D eigenvalue weighted by Crippen LogP contribution is -2.27. The normalized spacial score (nSPS) is 15.9. The topological polar surface area (TPSA) is 46.9 Å². The van der Waals surface area contributed by atoms with Gasteiger partial charge in [0.1, 0.15) is 0 Å². The van der Waals surface area contributed by atoms with Crippen LogP contribution in [0.2, 0.25) is 0 Å². The van der Waals surface area contributed by atoms with Crippen LogP contribution >= 0.6 is 22.6 Å². The predicted octanol–water partition coefficient (Wildman–Crippen LogP) is 5.92. The van der Waals surface area contributed by atoms with Crippen molar-refractivity contribution in [3.05, 3.63) is 99.1 Å². The van der Waals surface area contributed by atoms with Gasteiger partial charge in [-0.1, -0.05) is 54.6 Å². The number of anilines is 1. The van der Waals surface area contributed by atoms with Gasteiger partial charge in [0.2, 0.25) is 5.95 Å². The number of allylic oxidation sites excluding steroid dienone is 1. The fourth-order valence-corrected chi connectivity index (χ4v) is 4.30. The van der Waals surface area contributed by atoms with Crippen molar-refractivity contribution in [1.29, 1.82) is 0 Å². The van der Waals surface area contributed by atoms with Gasteiger partial charge in [-0.15, -0.1) is 0 Å². The summed E-state index contributed by atoms with van der Waals surface area (Å²) in [6.07, 6.45) is 0. The van der Waals surface area contributed by atoms with Gasteiger partial charge in [-0.05, 0) is 59.3 Å². The third kappa shape index (κ3) is 3.06. The molecule has 1 atom stereocenters. The highest BCUT2D eigenvalue weighted by Gasteiger charge is 2.32. The molecule has 2 heterocycles. The van der Waals surface area contributed by atoms with E-state index in [-0.39, 0.29) is 11.8 Å².